The Balaban J connectivity index is 1.40. The fraction of sp³-hybridized carbons (Fsp3) is 0.611. The standard InChI is InChI=1S/C18H27N3O/c1-2-21-9-5-6-14(13-21)12-19-18(22)20-17-10-15-7-3-4-8-16(15)11-17/h3-4,7-8,14,17H,2,5-6,9-13H2,1H3,(H2,19,20,22)/t14-/m1/s1. The first-order valence-electron chi connectivity index (χ1n) is 8.58. The lowest BCUT2D eigenvalue weighted by Crippen LogP contribution is -2.46. The Morgan fingerprint density at radius 1 is 1.27 bits per heavy atom. The van der Waals surface area contributed by atoms with Crippen molar-refractivity contribution in [3.05, 3.63) is 35.4 Å². The first-order chi connectivity index (χ1) is 10.7. The number of hydrogen-bond donors (Lipinski definition) is 2. The maximum atomic E-state index is 12.1. The molecular formula is C18H27N3O. The first kappa shape index (κ1) is 15.3. The minimum atomic E-state index is -0.00794. The molecule has 0 bridgehead atoms. The van der Waals surface area contributed by atoms with Crippen LogP contribution in [0.5, 0.6) is 0 Å². The Labute approximate surface area is 133 Å². The summed E-state index contributed by atoms with van der Waals surface area (Å²) < 4.78 is 0. The summed E-state index contributed by atoms with van der Waals surface area (Å²) in [6.45, 7) is 6.44. The van der Waals surface area contributed by atoms with Crippen LogP contribution in [0.3, 0.4) is 0 Å². The van der Waals surface area contributed by atoms with Crippen LogP contribution in [0.15, 0.2) is 24.3 Å². The zero-order valence-electron chi connectivity index (χ0n) is 13.5. The van der Waals surface area contributed by atoms with Crippen molar-refractivity contribution in [2.45, 2.75) is 38.6 Å². The molecule has 0 aromatic heterocycles. The molecule has 1 heterocycles. The molecule has 2 N–H and O–H groups in total. The fourth-order valence-electron chi connectivity index (χ4n) is 3.74. The van der Waals surface area contributed by atoms with Crippen molar-refractivity contribution in [3.8, 4) is 0 Å². The molecule has 1 aromatic carbocycles. The van der Waals surface area contributed by atoms with Crippen molar-refractivity contribution < 1.29 is 4.79 Å². The van der Waals surface area contributed by atoms with E-state index in [4.69, 9.17) is 0 Å². The van der Waals surface area contributed by atoms with Crippen LogP contribution in [-0.2, 0) is 12.8 Å². The van der Waals surface area contributed by atoms with Gasteiger partial charge in [-0.15, -0.1) is 0 Å². The molecule has 0 saturated carbocycles. The maximum absolute atomic E-state index is 12.1. The molecule has 4 heteroatoms. The van der Waals surface area contributed by atoms with E-state index < -0.39 is 0 Å². The van der Waals surface area contributed by atoms with Gasteiger partial charge in [0.2, 0.25) is 0 Å². The molecule has 120 valence electrons. The summed E-state index contributed by atoms with van der Waals surface area (Å²) in [7, 11) is 0. The number of likely N-dealkylation sites (tertiary alicyclic amines) is 1. The molecule has 2 aliphatic rings. The van der Waals surface area contributed by atoms with Gasteiger partial charge in [0.1, 0.15) is 0 Å². The third-order valence-electron chi connectivity index (χ3n) is 4.99. The van der Waals surface area contributed by atoms with Crippen molar-refractivity contribution in [3.63, 3.8) is 0 Å². The minimum absolute atomic E-state index is 0.00794. The molecule has 22 heavy (non-hydrogen) atoms. The second-order valence-corrected chi connectivity index (χ2v) is 6.63. The summed E-state index contributed by atoms with van der Waals surface area (Å²) in [5.41, 5.74) is 2.75. The van der Waals surface area contributed by atoms with Crippen LogP contribution in [0.4, 0.5) is 4.79 Å². The van der Waals surface area contributed by atoms with E-state index in [1.54, 1.807) is 0 Å². The number of carbonyl (C=O) groups excluding carboxylic acids is 1. The number of piperidine rings is 1. The van der Waals surface area contributed by atoms with E-state index in [1.807, 2.05) is 0 Å². The monoisotopic (exact) mass is 301 g/mol. The van der Waals surface area contributed by atoms with E-state index in [0.717, 1.165) is 32.5 Å². The first-order valence-corrected chi connectivity index (χ1v) is 8.58. The number of amides is 2. The van der Waals surface area contributed by atoms with Crippen LogP contribution in [0.1, 0.15) is 30.9 Å². The van der Waals surface area contributed by atoms with Crippen LogP contribution < -0.4 is 10.6 Å². The van der Waals surface area contributed by atoms with Gasteiger partial charge in [0.15, 0.2) is 0 Å². The van der Waals surface area contributed by atoms with Gasteiger partial charge in [-0.05, 0) is 55.8 Å². The van der Waals surface area contributed by atoms with Gasteiger partial charge in [0.05, 0.1) is 0 Å². The highest BCUT2D eigenvalue weighted by Gasteiger charge is 2.23. The number of carbonyl (C=O) groups is 1. The van der Waals surface area contributed by atoms with E-state index in [-0.39, 0.29) is 12.1 Å². The van der Waals surface area contributed by atoms with Crippen molar-refractivity contribution >= 4 is 6.03 Å². The summed E-state index contributed by atoms with van der Waals surface area (Å²) in [6.07, 6.45) is 4.39. The maximum Gasteiger partial charge on any atom is 0.315 e. The van der Waals surface area contributed by atoms with Gasteiger partial charge in [-0.1, -0.05) is 31.2 Å². The Kier molecular flexibility index (Phi) is 4.98. The van der Waals surface area contributed by atoms with Gasteiger partial charge in [-0.2, -0.15) is 0 Å². The van der Waals surface area contributed by atoms with E-state index in [1.165, 1.54) is 30.5 Å². The molecule has 2 amide bonds. The molecule has 0 radical (unpaired) electrons. The molecular weight excluding hydrogens is 274 g/mol. The van der Waals surface area contributed by atoms with E-state index >= 15 is 0 Å². The largest absolute Gasteiger partial charge is 0.338 e. The van der Waals surface area contributed by atoms with E-state index in [9.17, 15) is 4.79 Å². The van der Waals surface area contributed by atoms with Crippen molar-refractivity contribution in [1.82, 2.24) is 15.5 Å². The Hall–Kier alpha value is -1.55. The van der Waals surface area contributed by atoms with E-state index in [2.05, 4.69) is 46.7 Å². The van der Waals surface area contributed by atoms with E-state index in [0.29, 0.717) is 5.92 Å². The molecule has 4 nitrogen and oxygen atoms in total. The van der Waals surface area contributed by atoms with Gasteiger partial charge >= 0.3 is 6.03 Å². The number of benzene rings is 1. The number of urea groups is 1. The predicted octanol–water partition coefficient (Wildman–Crippen LogP) is 2.18. The van der Waals surface area contributed by atoms with Crippen molar-refractivity contribution in [2.75, 3.05) is 26.2 Å². The lowest BCUT2D eigenvalue weighted by molar-refractivity contribution is 0.178. The molecule has 1 atom stereocenters. The van der Waals surface area contributed by atoms with Crippen LogP contribution in [0.25, 0.3) is 0 Å². The molecule has 1 aliphatic carbocycles. The second kappa shape index (κ2) is 7.14. The lowest BCUT2D eigenvalue weighted by Gasteiger charge is -2.31. The Bertz CT molecular complexity index is 492. The Morgan fingerprint density at radius 3 is 2.68 bits per heavy atom. The van der Waals surface area contributed by atoms with Crippen molar-refractivity contribution in [2.24, 2.45) is 5.92 Å². The Morgan fingerprint density at radius 2 is 2.00 bits per heavy atom. The average molecular weight is 301 g/mol. The molecule has 0 unspecified atom stereocenters. The minimum Gasteiger partial charge on any atom is -0.338 e. The molecule has 0 spiro atoms. The smallest absolute Gasteiger partial charge is 0.315 e. The highest BCUT2D eigenvalue weighted by Crippen LogP contribution is 2.21. The number of nitrogens with zero attached hydrogens (tertiary/aromatic N) is 1. The van der Waals surface area contributed by atoms with Gasteiger partial charge in [-0.25, -0.2) is 4.79 Å². The summed E-state index contributed by atoms with van der Waals surface area (Å²) in [6, 6.07) is 8.71. The normalized spacial score (nSPS) is 22.3. The predicted molar refractivity (Wildman–Crippen MR) is 89.0 cm³/mol. The second-order valence-electron chi connectivity index (χ2n) is 6.63. The number of hydrogen-bond acceptors (Lipinski definition) is 2. The summed E-state index contributed by atoms with van der Waals surface area (Å²) >= 11 is 0. The topological polar surface area (TPSA) is 44.4 Å². The number of rotatable bonds is 4. The summed E-state index contributed by atoms with van der Waals surface area (Å²) in [5, 5.41) is 6.20. The van der Waals surface area contributed by atoms with Crippen LogP contribution in [0, 0.1) is 5.92 Å². The molecule has 1 aromatic rings. The molecule has 1 saturated heterocycles. The highest BCUT2D eigenvalue weighted by molar-refractivity contribution is 5.74. The number of fused-ring (bicyclic) bond motifs is 1. The highest BCUT2D eigenvalue weighted by atomic mass is 16.2. The van der Waals surface area contributed by atoms with Gasteiger partial charge < -0.3 is 15.5 Å². The fourth-order valence-corrected chi connectivity index (χ4v) is 3.74. The van der Waals surface area contributed by atoms with Gasteiger partial charge in [0, 0.05) is 19.1 Å². The SMILES string of the molecule is CCN1CCC[C@H](CNC(=O)NC2Cc3ccccc3C2)C1. The summed E-state index contributed by atoms with van der Waals surface area (Å²) in [4.78, 5) is 14.6. The van der Waals surface area contributed by atoms with Gasteiger partial charge in [-0.3, -0.25) is 0 Å². The van der Waals surface area contributed by atoms with Crippen LogP contribution in [-0.4, -0.2) is 43.2 Å². The summed E-state index contributed by atoms with van der Waals surface area (Å²) in [5.74, 6) is 0.597. The molecule has 1 fully saturated rings. The zero-order chi connectivity index (χ0) is 15.4. The number of nitrogens with one attached hydrogen (secondary N) is 2. The third kappa shape index (κ3) is 3.80. The molecule has 3 rings (SSSR count). The lowest BCUT2D eigenvalue weighted by atomic mass is 9.98. The van der Waals surface area contributed by atoms with Gasteiger partial charge in [0.25, 0.3) is 0 Å². The van der Waals surface area contributed by atoms with Crippen LogP contribution >= 0.6 is 0 Å². The van der Waals surface area contributed by atoms with Crippen LogP contribution in [0.2, 0.25) is 0 Å². The third-order valence-corrected chi connectivity index (χ3v) is 4.99. The average Bonchev–Trinajstić information content (AvgIpc) is 2.95. The van der Waals surface area contributed by atoms with Crippen molar-refractivity contribution in [1.29, 1.82) is 0 Å². The molecule has 1 aliphatic heterocycles. The zero-order valence-corrected chi connectivity index (χ0v) is 13.5. The quantitative estimate of drug-likeness (QED) is 0.895.